The first-order valence-electron chi connectivity index (χ1n) is 6.56. The van der Waals surface area contributed by atoms with Crippen LogP contribution in [0.5, 0.6) is 0 Å². The van der Waals surface area contributed by atoms with Gasteiger partial charge in [-0.2, -0.15) is 0 Å². The number of hydrogen-bond donors (Lipinski definition) is 1. The fourth-order valence-corrected chi connectivity index (χ4v) is 3.42. The Morgan fingerprint density at radius 3 is 2.72 bits per heavy atom. The maximum Gasteiger partial charge on any atom is 0.156 e. The lowest BCUT2D eigenvalue weighted by Crippen LogP contribution is -2.40. The van der Waals surface area contributed by atoms with Gasteiger partial charge in [-0.05, 0) is 31.2 Å². The van der Waals surface area contributed by atoms with Gasteiger partial charge >= 0.3 is 0 Å². The predicted octanol–water partition coefficient (Wildman–Crippen LogP) is 3.65. The third-order valence-corrected chi connectivity index (χ3v) is 4.98. The highest BCUT2D eigenvalue weighted by molar-refractivity contribution is 8.14. The zero-order valence-electron chi connectivity index (χ0n) is 11.4. The van der Waals surface area contributed by atoms with Crippen molar-refractivity contribution >= 4 is 16.9 Å². The molecule has 0 saturated carbocycles. The lowest BCUT2D eigenvalue weighted by atomic mass is 9.89. The Kier molecular flexibility index (Phi) is 4.33. The Bertz CT molecular complexity index is 416. The molecule has 1 heterocycles. The molecular weight excluding hydrogens is 240 g/mol. The number of rotatable bonds is 4. The maximum absolute atomic E-state index is 4.24. The van der Waals surface area contributed by atoms with Crippen LogP contribution >= 0.6 is 11.8 Å². The van der Waals surface area contributed by atoms with E-state index in [0.29, 0.717) is 5.92 Å². The molecule has 0 aromatic heterocycles. The van der Waals surface area contributed by atoms with E-state index >= 15 is 0 Å². The normalized spacial score (nSPS) is 27.2. The van der Waals surface area contributed by atoms with E-state index in [2.05, 4.69) is 54.5 Å². The molecule has 1 N–H and O–H groups in total. The summed E-state index contributed by atoms with van der Waals surface area (Å²) in [7, 11) is 1.85. The lowest BCUT2D eigenvalue weighted by Gasteiger charge is -2.25. The maximum atomic E-state index is 4.24. The lowest BCUT2D eigenvalue weighted by molar-refractivity contribution is 0.413. The van der Waals surface area contributed by atoms with Gasteiger partial charge in [0.05, 0.1) is 0 Å². The number of amidine groups is 1. The summed E-state index contributed by atoms with van der Waals surface area (Å²) in [4.78, 5) is 4.24. The van der Waals surface area contributed by atoms with Crippen molar-refractivity contribution in [3.05, 3.63) is 35.9 Å². The molecule has 1 fully saturated rings. The first-order valence-corrected chi connectivity index (χ1v) is 7.54. The van der Waals surface area contributed by atoms with Crippen LogP contribution in [0.2, 0.25) is 0 Å². The van der Waals surface area contributed by atoms with Crippen molar-refractivity contribution in [3.63, 3.8) is 0 Å². The van der Waals surface area contributed by atoms with Gasteiger partial charge in [-0.1, -0.05) is 49.0 Å². The van der Waals surface area contributed by atoms with E-state index in [-0.39, 0.29) is 5.54 Å². The van der Waals surface area contributed by atoms with Gasteiger partial charge in [0, 0.05) is 18.3 Å². The number of aliphatic imine (C=N–C) groups is 1. The van der Waals surface area contributed by atoms with Crippen LogP contribution < -0.4 is 5.32 Å². The predicted molar refractivity (Wildman–Crippen MR) is 81.4 cm³/mol. The van der Waals surface area contributed by atoms with Gasteiger partial charge in [0.25, 0.3) is 0 Å². The summed E-state index contributed by atoms with van der Waals surface area (Å²) in [6, 6.07) is 10.8. The summed E-state index contributed by atoms with van der Waals surface area (Å²) in [5.41, 5.74) is 1.65. The molecule has 0 bridgehead atoms. The summed E-state index contributed by atoms with van der Waals surface area (Å²) in [6.45, 7) is 4.62. The average Bonchev–Trinajstić information content (AvgIpc) is 2.79. The van der Waals surface area contributed by atoms with E-state index in [1.54, 1.807) is 0 Å². The number of thioether (sulfide) groups is 1. The van der Waals surface area contributed by atoms with E-state index in [0.717, 1.165) is 10.9 Å². The quantitative estimate of drug-likeness (QED) is 0.895. The summed E-state index contributed by atoms with van der Waals surface area (Å²) < 4.78 is 0. The molecular formula is C15H22N2S. The van der Waals surface area contributed by atoms with Crippen molar-refractivity contribution in [3.8, 4) is 0 Å². The zero-order chi connectivity index (χ0) is 13.0. The van der Waals surface area contributed by atoms with Gasteiger partial charge in [-0.15, -0.1) is 0 Å². The van der Waals surface area contributed by atoms with E-state index in [9.17, 15) is 0 Å². The molecule has 1 aromatic rings. The summed E-state index contributed by atoms with van der Waals surface area (Å²) in [5, 5.41) is 4.62. The van der Waals surface area contributed by atoms with Crippen molar-refractivity contribution in [2.24, 2.45) is 4.99 Å². The Hall–Kier alpha value is -0.960. The molecule has 1 aliphatic rings. The standard InChI is InChI=1S/C15H22N2S/c1-12(13-7-5-4-6-8-13)9-10-15(2)11-18-14(16-3)17-15/h4-8,12H,9-11H2,1-3H3,(H,16,17)/t12?,15-/m0/s1. The fourth-order valence-electron chi connectivity index (χ4n) is 2.30. The Morgan fingerprint density at radius 2 is 2.11 bits per heavy atom. The van der Waals surface area contributed by atoms with Gasteiger partial charge < -0.3 is 5.32 Å². The van der Waals surface area contributed by atoms with E-state index in [1.165, 1.54) is 18.4 Å². The SMILES string of the molecule is CN=C1N[C@@](C)(CCC(C)c2ccccc2)CS1. The molecule has 0 spiro atoms. The van der Waals surface area contributed by atoms with Gasteiger partial charge in [-0.3, -0.25) is 4.99 Å². The van der Waals surface area contributed by atoms with Gasteiger partial charge in [0.1, 0.15) is 0 Å². The highest BCUT2D eigenvalue weighted by Crippen LogP contribution is 2.30. The molecule has 2 atom stereocenters. The van der Waals surface area contributed by atoms with Crippen LogP contribution in [0, 0.1) is 0 Å². The van der Waals surface area contributed by atoms with Gasteiger partial charge in [-0.25, -0.2) is 0 Å². The minimum absolute atomic E-state index is 0.211. The van der Waals surface area contributed by atoms with Gasteiger partial charge in [0.2, 0.25) is 0 Å². The fraction of sp³-hybridized carbons (Fsp3) is 0.533. The monoisotopic (exact) mass is 262 g/mol. The topological polar surface area (TPSA) is 24.4 Å². The number of hydrogen-bond acceptors (Lipinski definition) is 2. The van der Waals surface area contributed by atoms with Crippen molar-refractivity contribution in [1.29, 1.82) is 0 Å². The average molecular weight is 262 g/mol. The van der Waals surface area contributed by atoms with Crippen LogP contribution in [0.25, 0.3) is 0 Å². The molecule has 1 unspecified atom stereocenters. The van der Waals surface area contributed by atoms with Crippen LogP contribution in [-0.2, 0) is 0 Å². The minimum atomic E-state index is 0.211. The summed E-state index contributed by atoms with van der Waals surface area (Å²) in [5.74, 6) is 1.75. The molecule has 2 nitrogen and oxygen atoms in total. The molecule has 0 aliphatic carbocycles. The molecule has 1 aromatic carbocycles. The number of nitrogens with one attached hydrogen (secondary N) is 1. The molecule has 1 saturated heterocycles. The molecule has 1 aliphatic heterocycles. The smallest absolute Gasteiger partial charge is 0.156 e. The second-order valence-electron chi connectivity index (χ2n) is 5.35. The molecule has 3 heteroatoms. The summed E-state index contributed by atoms with van der Waals surface area (Å²) in [6.07, 6.45) is 2.40. The minimum Gasteiger partial charge on any atom is -0.359 e. The van der Waals surface area contributed by atoms with Crippen molar-refractivity contribution in [1.82, 2.24) is 5.32 Å². The van der Waals surface area contributed by atoms with E-state index in [1.807, 2.05) is 18.8 Å². The molecule has 2 rings (SSSR count). The highest BCUT2D eigenvalue weighted by atomic mass is 32.2. The Morgan fingerprint density at radius 1 is 1.39 bits per heavy atom. The Labute approximate surface area is 114 Å². The van der Waals surface area contributed by atoms with Gasteiger partial charge in [0.15, 0.2) is 5.17 Å². The second kappa shape index (κ2) is 5.79. The zero-order valence-corrected chi connectivity index (χ0v) is 12.3. The van der Waals surface area contributed by atoms with E-state index < -0.39 is 0 Å². The van der Waals surface area contributed by atoms with E-state index in [4.69, 9.17) is 0 Å². The molecule has 0 amide bonds. The second-order valence-corrected chi connectivity index (χ2v) is 6.32. The third kappa shape index (κ3) is 3.29. The van der Waals surface area contributed by atoms with Crippen LogP contribution in [0.1, 0.15) is 38.2 Å². The number of nitrogens with zero attached hydrogens (tertiary/aromatic N) is 1. The Balaban J connectivity index is 1.89. The largest absolute Gasteiger partial charge is 0.359 e. The first kappa shape index (κ1) is 13.5. The van der Waals surface area contributed by atoms with Crippen LogP contribution in [0.3, 0.4) is 0 Å². The highest BCUT2D eigenvalue weighted by Gasteiger charge is 2.32. The number of benzene rings is 1. The third-order valence-electron chi connectivity index (χ3n) is 3.64. The molecule has 0 radical (unpaired) electrons. The van der Waals surface area contributed by atoms with Crippen molar-refractivity contribution in [2.75, 3.05) is 12.8 Å². The first-order chi connectivity index (χ1) is 8.63. The molecule has 18 heavy (non-hydrogen) atoms. The molecule has 98 valence electrons. The van der Waals surface area contributed by atoms with Crippen molar-refractivity contribution < 1.29 is 0 Å². The van der Waals surface area contributed by atoms with Crippen LogP contribution in [-0.4, -0.2) is 23.5 Å². The van der Waals surface area contributed by atoms with Crippen molar-refractivity contribution in [2.45, 2.75) is 38.1 Å². The van der Waals surface area contributed by atoms with Crippen LogP contribution in [0.4, 0.5) is 0 Å². The summed E-state index contributed by atoms with van der Waals surface area (Å²) >= 11 is 1.84. The van der Waals surface area contributed by atoms with Crippen LogP contribution in [0.15, 0.2) is 35.3 Å².